The summed E-state index contributed by atoms with van der Waals surface area (Å²) in [5.74, 6) is 1.06. The van der Waals surface area contributed by atoms with Crippen LogP contribution in [-0.4, -0.2) is 14.2 Å². The van der Waals surface area contributed by atoms with E-state index in [-0.39, 0.29) is 23.0 Å². The number of hydrogen-bond donors (Lipinski definition) is 0. The first kappa shape index (κ1) is 31.8. The van der Waals surface area contributed by atoms with E-state index in [0.717, 1.165) is 17.9 Å². The van der Waals surface area contributed by atoms with Crippen molar-refractivity contribution in [3.63, 3.8) is 0 Å². The van der Waals surface area contributed by atoms with E-state index in [4.69, 9.17) is 21.1 Å². The molecular weight excluding hydrogens is 524 g/mol. The van der Waals surface area contributed by atoms with Gasteiger partial charge in [0.15, 0.2) is 0 Å². The van der Waals surface area contributed by atoms with Crippen LogP contribution in [0.3, 0.4) is 0 Å². The molecule has 0 saturated carbocycles. The van der Waals surface area contributed by atoms with Crippen molar-refractivity contribution in [2.75, 3.05) is 14.2 Å². The summed E-state index contributed by atoms with van der Waals surface area (Å²) in [5.41, 5.74) is 13.8. The summed E-state index contributed by atoms with van der Waals surface area (Å²) in [5, 5.41) is 0.895. The molecule has 0 heterocycles. The second-order valence-corrected chi connectivity index (χ2v) is 15.1. The molecule has 2 aliphatic rings. The van der Waals surface area contributed by atoms with Crippen LogP contribution in [0.15, 0.2) is 42.5 Å². The van der Waals surface area contributed by atoms with E-state index in [1.807, 2.05) is 13.2 Å². The van der Waals surface area contributed by atoms with Gasteiger partial charge in [0.05, 0.1) is 12.2 Å². The molecule has 4 atom stereocenters. The molecule has 2 aliphatic carbocycles. The van der Waals surface area contributed by atoms with Gasteiger partial charge < -0.3 is 9.47 Å². The highest BCUT2D eigenvalue weighted by atomic mass is 35.5. The molecule has 0 saturated heterocycles. The van der Waals surface area contributed by atoms with Gasteiger partial charge in [-0.25, -0.2) is 0 Å². The lowest BCUT2D eigenvalue weighted by Crippen LogP contribution is -2.16. The van der Waals surface area contributed by atoms with Crippen molar-refractivity contribution in [3.8, 4) is 11.1 Å². The zero-order chi connectivity index (χ0) is 30.4. The predicted octanol–water partition coefficient (Wildman–Crippen LogP) is 10.7. The van der Waals surface area contributed by atoms with E-state index in [1.165, 1.54) is 55.6 Å². The van der Waals surface area contributed by atoms with Crippen LogP contribution in [0.25, 0.3) is 11.1 Å². The summed E-state index contributed by atoms with van der Waals surface area (Å²) >= 11 is 6.21. The number of aryl methyl sites for hydroxylation is 2. The van der Waals surface area contributed by atoms with Gasteiger partial charge in [0.25, 0.3) is 0 Å². The molecule has 3 heteroatoms. The zero-order valence-corrected chi connectivity index (χ0v) is 28.2. The van der Waals surface area contributed by atoms with Gasteiger partial charge in [-0.15, -0.1) is 0 Å². The predicted molar refractivity (Wildman–Crippen MR) is 175 cm³/mol. The lowest BCUT2D eigenvalue weighted by atomic mass is 9.78. The molecule has 0 amide bonds. The van der Waals surface area contributed by atoms with Gasteiger partial charge >= 0.3 is 0 Å². The molecule has 0 N–H and O–H groups in total. The Balaban J connectivity index is 0.000000231. The Kier molecular flexibility index (Phi) is 9.20. The highest BCUT2D eigenvalue weighted by Gasteiger charge is 2.33. The second-order valence-electron chi connectivity index (χ2n) is 14.7. The quantitative estimate of drug-likeness (QED) is 0.310. The lowest BCUT2D eigenvalue weighted by molar-refractivity contribution is 0.0694. The maximum absolute atomic E-state index is 6.21. The number of halogens is 1. The van der Waals surface area contributed by atoms with Crippen molar-refractivity contribution >= 4 is 11.6 Å². The first-order valence-corrected chi connectivity index (χ1v) is 15.6. The van der Waals surface area contributed by atoms with Crippen LogP contribution >= 0.6 is 11.6 Å². The Morgan fingerprint density at radius 1 is 0.634 bits per heavy atom. The molecular formula is C38H51ClO2. The van der Waals surface area contributed by atoms with Crippen molar-refractivity contribution < 1.29 is 9.47 Å². The minimum atomic E-state index is 0.130. The summed E-state index contributed by atoms with van der Waals surface area (Å²) in [7, 11) is 3.61. The smallest absolute Gasteiger partial charge is 0.0853 e. The number of rotatable bonds is 3. The standard InChI is InChI=1S/C26H36O.C12H15ClO/c1-16-10-21(22-12-17(2)24(27-9)23(22)11-16)18-13-19(25(3,4)5)15-20(14-18)26(6,7)8;1-7-4-10-9(11(13)5-7)6-8(2)12(10)14-3/h10-11,13-15,17,24H,12H2,1-9H3;4-5,8,12H,6H2,1-3H3. The third-order valence-corrected chi connectivity index (χ3v) is 9.32. The molecule has 5 rings (SSSR count). The fourth-order valence-electron chi connectivity index (χ4n) is 6.69. The average molecular weight is 575 g/mol. The van der Waals surface area contributed by atoms with Crippen molar-refractivity contribution in [1.29, 1.82) is 0 Å². The number of methoxy groups -OCH3 is 2. The van der Waals surface area contributed by atoms with E-state index in [2.05, 4.69) is 106 Å². The molecule has 3 aromatic carbocycles. The first-order valence-electron chi connectivity index (χ1n) is 15.2. The number of ether oxygens (including phenoxy) is 2. The summed E-state index contributed by atoms with van der Waals surface area (Å²) in [4.78, 5) is 0. The van der Waals surface area contributed by atoms with E-state index >= 15 is 0 Å². The number of benzene rings is 3. The molecule has 0 aliphatic heterocycles. The van der Waals surface area contributed by atoms with Crippen LogP contribution in [0, 0.1) is 25.7 Å². The molecule has 0 spiro atoms. The summed E-state index contributed by atoms with van der Waals surface area (Å²) < 4.78 is 11.4. The molecule has 0 bridgehead atoms. The second kappa shape index (κ2) is 11.9. The molecule has 3 aromatic rings. The fourth-order valence-corrected chi connectivity index (χ4v) is 7.05. The number of fused-ring (bicyclic) bond motifs is 2. The summed E-state index contributed by atoms with van der Waals surface area (Å²) in [6, 6.07) is 16.2. The van der Waals surface area contributed by atoms with Gasteiger partial charge in [-0.1, -0.05) is 109 Å². The van der Waals surface area contributed by atoms with E-state index in [0.29, 0.717) is 11.8 Å². The Morgan fingerprint density at radius 3 is 1.54 bits per heavy atom. The maximum atomic E-state index is 6.21. The maximum Gasteiger partial charge on any atom is 0.0853 e. The fraction of sp³-hybridized carbons (Fsp3) is 0.526. The van der Waals surface area contributed by atoms with Crippen LogP contribution in [0.2, 0.25) is 5.02 Å². The Bertz CT molecular complexity index is 1370. The van der Waals surface area contributed by atoms with Crippen LogP contribution in [0.1, 0.15) is 112 Å². The van der Waals surface area contributed by atoms with Crippen molar-refractivity contribution in [1.82, 2.24) is 0 Å². The van der Waals surface area contributed by atoms with Gasteiger partial charge in [-0.3, -0.25) is 0 Å². The molecule has 4 unspecified atom stereocenters. The van der Waals surface area contributed by atoms with E-state index in [9.17, 15) is 0 Å². The topological polar surface area (TPSA) is 18.5 Å². The van der Waals surface area contributed by atoms with E-state index < -0.39 is 0 Å². The Hall–Kier alpha value is -2.13. The molecule has 0 radical (unpaired) electrons. The number of hydrogen-bond acceptors (Lipinski definition) is 2. The van der Waals surface area contributed by atoms with Crippen LogP contribution in [-0.2, 0) is 33.1 Å². The Morgan fingerprint density at radius 2 is 1.07 bits per heavy atom. The summed E-state index contributed by atoms with van der Waals surface area (Å²) in [6.45, 7) is 22.6. The van der Waals surface area contributed by atoms with Gasteiger partial charge in [0.1, 0.15) is 0 Å². The minimum Gasteiger partial charge on any atom is -0.376 e. The van der Waals surface area contributed by atoms with Gasteiger partial charge in [0, 0.05) is 19.2 Å². The van der Waals surface area contributed by atoms with Crippen molar-refractivity contribution in [3.05, 3.63) is 92.0 Å². The molecule has 0 aromatic heterocycles. The third-order valence-electron chi connectivity index (χ3n) is 8.99. The molecule has 0 fully saturated rings. The Labute approximate surface area is 254 Å². The van der Waals surface area contributed by atoms with Gasteiger partial charge in [-0.2, -0.15) is 0 Å². The van der Waals surface area contributed by atoms with E-state index in [1.54, 1.807) is 7.11 Å². The van der Waals surface area contributed by atoms with Crippen LogP contribution in [0.5, 0.6) is 0 Å². The highest BCUT2D eigenvalue weighted by Crippen LogP contribution is 2.45. The van der Waals surface area contributed by atoms with Gasteiger partial charge in [-0.05, 0) is 105 Å². The highest BCUT2D eigenvalue weighted by molar-refractivity contribution is 6.31. The van der Waals surface area contributed by atoms with Crippen LogP contribution in [0.4, 0.5) is 0 Å². The monoisotopic (exact) mass is 574 g/mol. The normalized spacial score (nSPS) is 21.8. The first-order chi connectivity index (χ1) is 19.0. The lowest BCUT2D eigenvalue weighted by Gasteiger charge is -2.27. The third kappa shape index (κ3) is 6.61. The molecule has 222 valence electrons. The molecule has 41 heavy (non-hydrogen) atoms. The SMILES string of the molecule is COC1c2cc(C)cc(-c3cc(C(C)(C)C)cc(C(C)(C)C)c3)c2CC1C.COC1c2cc(C)cc(Cl)c2CC1C. The largest absolute Gasteiger partial charge is 0.376 e. The van der Waals surface area contributed by atoms with Gasteiger partial charge in [0.2, 0.25) is 0 Å². The molecule has 2 nitrogen and oxygen atoms in total. The van der Waals surface area contributed by atoms with Crippen molar-refractivity contribution in [2.24, 2.45) is 11.8 Å². The van der Waals surface area contributed by atoms with Crippen molar-refractivity contribution in [2.45, 2.75) is 105 Å². The zero-order valence-electron chi connectivity index (χ0n) is 27.5. The minimum absolute atomic E-state index is 0.130. The average Bonchev–Trinajstić information content (AvgIpc) is 3.37. The van der Waals surface area contributed by atoms with Crippen LogP contribution < -0.4 is 0 Å². The summed E-state index contributed by atoms with van der Waals surface area (Å²) in [6.07, 6.45) is 2.56.